The minimum absolute atomic E-state index is 0.0801. The summed E-state index contributed by atoms with van der Waals surface area (Å²) in [5, 5.41) is 2.75. The first-order chi connectivity index (χ1) is 12.2. The minimum Gasteiger partial charge on any atom is -0.483 e. The predicted octanol–water partition coefficient (Wildman–Crippen LogP) is 4.10. The number of aryl methyl sites for hydroxylation is 1. The van der Waals surface area contributed by atoms with Gasteiger partial charge in [-0.2, -0.15) is 0 Å². The zero-order chi connectivity index (χ0) is 19.3. The van der Waals surface area contributed by atoms with Gasteiger partial charge in [0.05, 0.1) is 12.7 Å². The van der Waals surface area contributed by atoms with E-state index in [9.17, 15) is 9.59 Å². The molecule has 138 valence electrons. The number of benzene rings is 2. The number of carbonyl (C=O) groups excluding carboxylic acids is 2. The fourth-order valence-electron chi connectivity index (χ4n) is 2.52. The molecule has 0 spiro atoms. The molecule has 0 bridgehead atoms. The molecule has 0 heterocycles. The van der Waals surface area contributed by atoms with Crippen LogP contribution in [0, 0.1) is 6.92 Å². The lowest BCUT2D eigenvalue weighted by Crippen LogP contribution is -2.22. The van der Waals surface area contributed by atoms with Gasteiger partial charge in [0.1, 0.15) is 5.75 Å². The lowest BCUT2D eigenvalue weighted by atomic mass is 9.86. The number of rotatable bonds is 5. The Morgan fingerprint density at radius 1 is 1.04 bits per heavy atom. The Labute approximate surface area is 154 Å². The van der Waals surface area contributed by atoms with Crippen LogP contribution in [0.5, 0.6) is 5.75 Å². The van der Waals surface area contributed by atoms with E-state index in [4.69, 9.17) is 4.74 Å². The summed E-state index contributed by atoms with van der Waals surface area (Å²) in [4.78, 5) is 23.6. The normalized spacial score (nSPS) is 11.0. The molecule has 2 aromatic rings. The standard InChI is InChI=1S/C21H25NO4/c1-14-6-11-17(21(2,3)4)18(12-14)26-13-19(23)22-16-9-7-15(8-10-16)20(24)25-5/h6-12H,13H2,1-5H3,(H,22,23). The van der Waals surface area contributed by atoms with Crippen LogP contribution in [0.25, 0.3) is 0 Å². The van der Waals surface area contributed by atoms with Crippen LogP contribution in [0.2, 0.25) is 0 Å². The molecule has 2 aromatic carbocycles. The van der Waals surface area contributed by atoms with Gasteiger partial charge < -0.3 is 14.8 Å². The number of nitrogens with one attached hydrogen (secondary N) is 1. The highest BCUT2D eigenvalue weighted by molar-refractivity contribution is 5.93. The summed E-state index contributed by atoms with van der Waals surface area (Å²) in [6.07, 6.45) is 0. The van der Waals surface area contributed by atoms with E-state index in [0.717, 1.165) is 11.1 Å². The molecule has 0 aromatic heterocycles. The fourth-order valence-corrected chi connectivity index (χ4v) is 2.52. The van der Waals surface area contributed by atoms with Crippen LogP contribution in [-0.2, 0) is 14.9 Å². The number of ether oxygens (including phenoxy) is 2. The smallest absolute Gasteiger partial charge is 0.337 e. The zero-order valence-corrected chi connectivity index (χ0v) is 15.9. The van der Waals surface area contributed by atoms with E-state index in [1.54, 1.807) is 24.3 Å². The maximum absolute atomic E-state index is 12.2. The highest BCUT2D eigenvalue weighted by atomic mass is 16.5. The monoisotopic (exact) mass is 355 g/mol. The second kappa shape index (κ2) is 8.04. The molecule has 5 heteroatoms. The van der Waals surface area contributed by atoms with Crippen molar-refractivity contribution >= 4 is 17.6 Å². The number of amides is 1. The summed E-state index contributed by atoms with van der Waals surface area (Å²) >= 11 is 0. The van der Waals surface area contributed by atoms with Gasteiger partial charge in [-0.25, -0.2) is 4.79 Å². The summed E-state index contributed by atoms with van der Waals surface area (Å²) in [6, 6.07) is 12.5. The van der Waals surface area contributed by atoms with Crippen LogP contribution in [-0.4, -0.2) is 25.6 Å². The van der Waals surface area contributed by atoms with Crippen LogP contribution in [0.1, 0.15) is 42.3 Å². The first-order valence-electron chi connectivity index (χ1n) is 8.43. The third-order valence-electron chi connectivity index (χ3n) is 3.89. The molecule has 0 radical (unpaired) electrons. The zero-order valence-electron chi connectivity index (χ0n) is 15.9. The lowest BCUT2D eigenvalue weighted by Gasteiger charge is -2.23. The van der Waals surface area contributed by atoms with Gasteiger partial charge in [0.15, 0.2) is 6.61 Å². The lowest BCUT2D eigenvalue weighted by molar-refractivity contribution is -0.118. The number of hydrogen-bond donors (Lipinski definition) is 1. The van der Waals surface area contributed by atoms with E-state index in [0.29, 0.717) is 17.0 Å². The van der Waals surface area contributed by atoms with Crippen molar-refractivity contribution < 1.29 is 19.1 Å². The van der Waals surface area contributed by atoms with Crippen LogP contribution < -0.4 is 10.1 Å². The highest BCUT2D eigenvalue weighted by Gasteiger charge is 2.19. The number of esters is 1. The van der Waals surface area contributed by atoms with Crippen molar-refractivity contribution in [3.05, 3.63) is 59.2 Å². The third kappa shape index (κ3) is 5.09. The molecule has 0 saturated heterocycles. The van der Waals surface area contributed by atoms with Crippen molar-refractivity contribution in [1.82, 2.24) is 0 Å². The fraction of sp³-hybridized carbons (Fsp3) is 0.333. The molecule has 2 rings (SSSR count). The van der Waals surface area contributed by atoms with E-state index >= 15 is 0 Å². The number of hydrogen-bond acceptors (Lipinski definition) is 4. The van der Waals surface area contributed by atoms with Gasteiger partial charge in [-0.3, -0.25) is 4.79 Å². The van der Waals surface area contributed by atoms with Crippen molar-refractivity contribution in [2.45, 2.75) is 33.1 Å². The van der Waals surface area contributed by atoms with E-state index in [-0.39, 0.29) is 17.9 Å². The van der Waals surface area contributed by atoms with Gasteiger partial charge in [0.2, 0.25) is 0 Å². The number of methoxy groups -OCH3 is 1. The molecule has 0 atom stereocenters. The van der Waals surface area contributed by atoms with Crippen LogP contribution in [0.4, 0.5) is 5.69 Å². The Bertz CT molecular complexity index is 789. The first kappa shape index (κ1) is 19.5. The van der Waals surface area contributed by atoms with Gasteiger partial charge in [0.25, 0.3) is 5.91 Å². The molecule has 26 heavy (non-hydrogen) atoms. The maximum Gasteiger partial charge on any atom is 0.337 e. The molecular weight excluding hydrogens is 330 g/mol. The van der Waals surface area contributed by atoms with Gasteiger partial charge >= 0.3 is 5.97 Å². The van der Waals surface area contributed by atoms with Gasteiger partial charge in [-0.15, -0.1) is 0 Å². The molecule has 0 aliphatic carbocycles. The van der Waals surface area contributed by atoms with Crippen molar-refractivity contribution in [3.63, 3.8) is 0 Å². The highest BCUT2D eigenvalue weighted by Crippen LogP contribution is 2.32. The maximum atomic E-state index is 12.2. The Kier molecular flexibility index (Phi) is 6.03. The van der Waals surface area contributed by atoms with E-state index in [1.165, 1.54) is 7.11 Å². The quantitative estimate of drug-likeness (QED) is 0.820. The first-order valence-corrected chi connectivity index (χ1v) is 8.43. The predicted molar refractivity (Wildman–Crippen MR) is 102 cm³/mol. The molecule has 1 amide bonds. The van der Waals surface area contributed by atoms with Crippen LogP contribution in [0.3, 0.4) is 0 Å². The second-order valence-electron chi connectivity index (χ2n) is 7.16. The Hall–Kier alpha value is -2.82. The van der Waals surface area contributed by atoms with E-state index in [1.807, 2.05) is 25.1 Å². The summed E-state index contributed by atoms with van der Waals surface area (Å²) in [5.41, 5.74) is 3.07. The second-order valence-corrected chi connectivity index (χ2v) is 7.16. The van der Waals surface area contributed by atoms with Crippen molar-refractivity contribution in [2.24, 2.45) is 0 Å². The summed E-state index contributed by atoms with van der Waals surface area (Å²) in [5.74, 6) is 0.0336. The summed E-state index contributed by atoms with van der Waals surface area (Å²) < 4.78 is 10.4. The molecular formula is C21H25NO4. The molecule has 0 unspecified atom stereocenters. The van der Waals surface area contributed by atoms with Gasteiger partial charge in [-0.1, -0.05) is 32.9 Å². The number of carbonyl (C=O) groups is 2. The minimum atomic E-state index is -0.416. The largest absolute Gasteiger partial charge is 0.483 e. The molecule has 0 aliphatic rings. The Morgan fingerprint density at radius 3 is 2.27 bits per heavy atom. The summed E-state index contributed by atoms with van der Waals surface area (Å²) in [7, 11) is 1.33. The molecule has 0 fully saturated rings. The average molecular weight is 355 g/mol. The van der Waals surface area contributed by atoms with Gasteiger partial charge in [0, 0.05) is 5.69 Å². The van der Waals surface area contributed by atoms with E-state index in [2.05, 4.69) is 30.8 Å². The molecule has 1 N–H and O–H groups in total. The molecule has 0 aliphatic heterocycles. The van der Waals surface area contributed by atoms with E-state index < -0.39 is 5.97 Å². The van der Waals surface area contributed by atoms with Crippen molar-refractivity contribution in [2.75, 3.05) is 19.0 Å². The Morgan fingerprint density at radius 2 is 1.69 bits per heavy atom. The van der Waals surface area contributed by atoms with Crippen LogP contribution in [0.15, 0.2) is 42.5 Å². The molecule has 0 saturated carbocycles. The van der Waals surface area contributed by atoms with Crippen molar-refractivity contribution in [3.8, 4) is 5.75 Å². The van der Waals surface area contributed by atoms with Crippen LogP contribution >= 0.6 is 0 Å². The Balaban J connectivity index is 2.01. The topological polar surface area (TPSA) is 64.6 Å². The summed E-state index contributed by atoms with van der Waals surface area (Å²) in [6.45, 7) is 8.21. The molecule has 5 nitrogen and oxygen atoms in total. The third-order valence-corrected chi connectivity index (χ3v) is 3.89. The average Bonchev–Trinajstić information content (AvgIpc) is 2.59. The van der Waals surface area contributed by atoms with Crippen molar-refractivity contribution in [1.29, 1.82) is 0 Å². The van der Waals surface area contributed by atoms with Gasteiger partial charge in [-0.05, 0) is 53.8 Å². The number of anilines is 1. The SMILES string of the molecule is COC(=O)c1ccc(NC(=O)COc2cc(C)ccc2C(C)(C)C)cc1.